The number of aliphatic hydroxyl groups is 1. The maximum absolute atomic E-state index is 8.65. The summed E-state index contributed by atoms with van der Waals surface area (Å²) in [5, 5.41) is 11.7. The summed E-state index contributed by atoms with van der Waals surface area (Å²) in [6, 6.07) is 0.235. The minimum Gasteiger partial charge on any atom is -0.464 e. The van der Waals surface area contributed by atoms with Gasteiger partial charge in [0.05, 0.1) is 6.61 Å². The Morgan fingerprint density at radius 3 is 2.61 bits per heavy atom. The van der Waals surface area contributed by atoms with Crippen molar-refractivity contribution in [2.45, 2.75) is 26.2 Å². The third-order valence-electron chi connectivity index (χ3n) is 2.14. The van der Waals surface area contributed by atoms with Crippen LogP contribution in [0.5, 0.6) is 6.01 Å². The molecule has 102 valence electrons. The van der Waals surface area contributed by atoms with E-state index >= 15 is 0 Å². The Kier molecular flexibility index (Phi) is 6.74. The lowest BCUT2D eigenvalue weighted by atomic mass is 10.2. The van der Waals surface area contributed by atoms with E-state index in [0.717, 1.165) is 25.8 Å². The van der Waals surface area contributed by atoms with Gasteiger partial charge in [0.15, 0.2) is 0 Å². The molecule has 0 fully saturated rings. The number of hydrogen-bond acceptors (Lipinski definition) is 8. The Morgan fingerprint density at radius 1 is 1.17 bits per heavy atom. The van der Waals surface area contributed by atoms with E-state index in [9.17, 15) is 0 Å². The molecule has 8 heteroatoms. The molecule has 0 aliphatic rings. The van der Waals surface area contributed by atoms with E-state index in [2.05, 4.69) is 25.7 Å². The van der Waals surface area contributed by atoms with Crippen LogP contribution in [0.15, 0.2) is 0 Å². The second-order valence-corrected chi connectivity index (χ2v) is 3.55. The predicted molar refractivity (Wildman–Crippen MR) is 68.2 cm³/mol. The number of nitrogen functional groups attached to an aromatic ring is 1. The van der Waals surface area contributed by atoms with Crippen molar-refractivity contribution < 1.29 is 9.84 Å². The first kappa shape index (κ1) is 14.4. The number of nitrogens with two attached hydrogens (primary N) is 1. The van der Waals surface area contributed by atoms with Crippen LogP contribution in [-0.2, 0) is 0 Å². The fraction of sp³-hybridized carbons (Fsp3) is 0.700. The minimum atomic E-state index is 0.224. The van der Waals surface area contributed by atoms with E-state index in [4.69, 9.17) is 15.7 Å². The van der Waals surface area contributed by atoms with Crippen LogP contribution in [-0.4, -0.2) is 39.8 Å². The van der Waals surface area contributed by atoms with Gasteiger partial charge in [-0.15, -0.1) is 0 Å². The van der Waals surface area contributed by atoms with E-state index in [0.29, 0.717) is 12.6 Å². The zero-order valence-electron chi connectivity index (χ0n) is 10.5. The molecule has 0 saturated carbocycles. The van der Waals surface area contributed by atoms with Crippen molar-refractivity contribution in [3.63, 3.8) is 0 Å². The van der Waals surface area contributed by atoms with Crippen molar-refractivity contribution in [1.82, 2.24) is 15.0 Å². The molecule has 1 aromatic rings. The van der Waals surface area contributed by atoms with E-state index in [1.807, 2.05) is 6.92 Å². The molecule has 0 aliphatic carbocycles. The van der Waals surface area contributed by atoms with E-state index < -0.39 is 0 Å². The van der Waals surface area contributed by atoms with Gasteiger partial charge in [-0.2, -0.15) is 15.0 Å². The quantitative estimate of drug-likeness (QED) is 0.280. The summed E-state index contributed by atoms with van der Waals surface area (Å²) in [6.07, 6.45) is 2.69. The molecule has 1 rings (SSSR count). The Labute approximate surface area is 106 Å². The van der Waals surface area contributed by atoms with Gasteiger partial charge in [0, 0.05) is 13.2 Å². The summed E-state index contributed by atoms with van der Waals surface area (Å²) in [7, 11) is 0. The Balaban J connectivity index is 2.50. The first-order chi connectivity index (χ1) is 8.80. The van der Waals surface area contributed by atoms with Crippen molar-refractivity contribution in [2.24, 2.45) is 5.84 Å². The van der Waals surface area contributed by atoms with Crippen LogP contribution in [0.25, 0.3) is 0 Å². The SMILES string of the molecule is CCOc1nc(NN)nc(NCCCCCO)n1. The zero-order chi connectivity index (χ0) is 13.2. The van der Waals surface area contributed by atoms with Crippen LogP contribution < -0.4 is 21.3 Å². The molecular formula is C10H20N6O2. The van der Waals surface area contributed by atoms with Gasteiger partial charge in [-0.3, -0.25) is 5.43 Å². The largest absolute Gasteiger partial charge is 0.464 e. The predicted octanol–water partition coefficient (Wildman–Crippen LogP) is 0.130. The third-order valence-corrected chi connectivity index (χ3v) is 2.14. The lowest BCUT2D eigenvalue weighted by molar-refractivity contribution is 0.283. The molecule has 8 nitrogen and oxygen atoms in total. The molecular weight excluding hydrogens is 236 g/mol. The number of aromatic nitrogens is 3. The van der Waals surface area contributed by atoms with Crippen molar-refractivity contribution in [3.05, 3.63) is 0 Å². The normalized spacial score (nSPS) is 10.2. The highest BCUT2D eigenvalue weighted by molar-refractivity contribution is 5.34. The van der Waals surface area contributed by atoms with Crippen LogP contribution >= 0.6 is 0 Å². The van der Waals surface area contributed by atoms with Crippen LogP contribution in [0.3, 0.4) is 0 Å². The number of nitrogens with one attached hydrogen (secondary N) is 2. The monoisotopic (exact) mass is 256 g/mol. The molecule has 0 aromatic carbocycles. The second-order valence-electron chi connectivity index (χ2n) is 3.55. The van der Waals surface area contributed by atoms with Crippen molar-refractivity contribution in [1.29, 1.82) is 0 Å². The molecule has 0 bridgehead atoms. The van der Waals surface area contributed by atoms with Gasteiger partial charge in [-0.25, -0.2) is 5.84 Å². The standard InChI is InChI=1S/C10H20N6O2/c1-2-18-10-14-8(13-9(15-10)16-11)12-6-4-3-5-7-17/h17H,2-7,11H2,1H3,(H2,12,13,14,15,16). The maximum atomic E-state index is 8.65. The van der Waals surface area contributed by atoms with Crippen LogP contribution in [0, 0.1) is 0 Å². The van der Waals surface area contributed by atoms with Gasteiger partial charge in [-0.1, -0.05) is 0 Å². The average Bonchev–Trinajstić information content (AvgIpc) is 2.38. The van der Waals surface area contributed by atoms with Crippen molar-refractivity contribution >= 4 is 11.9 Å². The van der Waals surface area contributed by atoms with Gasteiger partial charge in [0.1, 0.15) is 0 Å². The van der Waals surface area contributed by atoms with Crippen LogP contribution in [0.2, 0.25) is 0 Å². The van der Waals surface area contributed by atoms with Gasteiger partial charge in [0.2, 0.25) is 11.9 Å². The molecule has 0 amide bonds. The van der Waals surface area contributed by atoms with Crippen LogP contribution in [0.1, 0.15) is 26.2 Å². The number of anilines is 2. The summed E-state index contributed by atoms with van der Waals surface area (Å²) in [4.78, 5) is 12.1. The zero-order valence-corrected chi connectivity index (χ0v) is 10.5. The highest BCUT2D eigenvalue weighted by Crippen LogP contribution is 2.10. The number of aliphatic hydroxyl groups excluding tert-OH is 1. The summed E-state index contributed by atoms with van der Waals surface area (Å²) in [5.74, 6) is 5.94. The smallest absolute Gasteiger partial charge is 0.323 e. The molecule has 0 aliphatic heterocycles. The van der Waals surface area contributed by atoms with Gasteiger partial charge in [0.25, 0.3) is 0 Å². The van der Waals surface area contributed by atoms with E-state index in [-0.39, 0.29) is 18.6 Å². The molecule has 1 heterocycles. The van der Waals surface area contributed by atoms with Crippen molar-refractivity contribution in [3.8, 4) is 6.01 Å². The topological polar surface area (TPSA) is 118 Å². The van der Waals surface area contributed by atoms with E-state index in [1.165, 1.54) is 0 Å². The molecule has 0 unspecified atom stereocenters. The Bertz CT molecular complexity index is 349. The fourth-order valence-electron chi connectivity index (χ4n) is 1.31. The average molecular weight is 256 g/mol. The van der Waals surface area contributed by atoms with Crippen LogP contribution in [0.4, 0.5) is 11.9 Å². The lowest BCUT2D eigenvalue weighted by Crippen LogP contribution is -2.15. The number of hydrogen-bond donors (Lipinski definition) is 4. The van der Waals surface area contributed by atoms with E-state index in [1.54, 1.807) is 0 Å². The number of nitrogens with zero attached hydrogens (tertiary/aromatic N) is 3. The highest BCUT2D eigenvalue weighted by atomic mass is 16.5. The Hall–Kier alpha value is -1.67. The third kappa shape index (κ3) is 5.11. The molecule has 0 saturated heterocycles. The summed E-state index contributed by atoms with van der Waals surface area (Å²) in [5.41, 5.74) is 2.36. The van der Waals surface area contributed by atoms with Gasteiger partial charge in [-0.05, 0) is 26.2 Å². The highest BCUT2D eigenvalue weighted by Gasteiger charge is 2.05. The first-order valence-corrected chi connectivity index (χ1v) is 6.00. The summed E-state index contributed by atoms with van der Waals surface area (Å²) in [6.45, 7) is 3.27. The first-order valence-electron chi connectivity index (χ1n) is 6.00. The molecule has 0 atom stereocenters. The number of unbranched alkanes of at least 4 members (excludes halogenated alkanes) is 2. The summed E-state index contributed by atoms with van der Waals surface area (Å²) >= 11 is 0. The molecule has 0 spiro atoms. The number of rotatable bonds is 9. The minimum absolute atomic E-state index is 0.224. The molecule has 5 N–H and O–H groups in total. The number of ether oxygens (including phenoxy) is 1. The molecule has 1 aromatic heterocycles. The number of hydrazine groups is 1. The van der Waals surface area contributed by atoms with Crippen molar-refractivity contribution in [2.75, 3.05) is 30.5 Å². The van der Waals surface area contributed by atoms with Gasteiger partial charge >= 0.3 is 6.01 Å². The summed E-state index contributed by atoms with van der Waals surface area (Å²) < 4.78 is 5.20. The maximum Gasteiger partial charge on any atom is 0.323 e. The van der Waals surface area contributed by atoms with Gasteiger partial charge < -0.3 is 15.2 Å². The molecule has 0 radical (unpaired) electrons. The second kappa shape index (κ2) is 8.43. The Morgan fingerprint density at radius 2 is 1.94 bits per heavy atom. The lowest BCUT2D eigenvalue weighted by Gasteiger charge is -2.08. The fourth-order valence-corrected chi connectivity index (χ4v) is 1.31. The molecule has 18 heavy (non-hydrogen) atoms.